The summed E-state index contributed by atoms with van der Waals surface area (Å²) in [6, 6.07) is 2.31. The molecule has 2 fully saturated rings. The molecule has 5 amide bonds. The summed E-state index contributed by atoms with van der Waals surface area (Å²) in [6.07, 6.45) is 0.979. The van der Waals surface area contributed by atoms with Gasteiger partial charge in [0, 0.05) is 12.0 Å². The number of imide groups is 2. The van der Waals surface area contributed by atoms with Gasteiger partial charge < -0.3 is 15.2 Å². The largest absolute Gasteiger partial charge is 0.480 e. The van der Waals surface area contributed by atoms with Gasteiger partial charge in [-0.1, -0.05) is 6.42 Å². The van der Waals surface area contributed by atoms with Gasteiger partial charge in [-0.2, -0.15) is 0 Å². The van der Waals surface area contributed by atoms with Gasteiger partial charge in [0.15, 0.2) is 11.6 Å². The van der Waals surface area contributed by atoms with E-state index in [4.69, 9.17) is 15.2 Å². The maximum atomic E-state index is 14.0. The van der Waals surface area contributed by atoms with Gasteiger partial charge in [0.25, 0.3) is 11.8 Å². The molecule has 3 aliphatic rings. The van der Waals surface area contributed by atoms with E-state index in [9.17, 15) is 23.6 Å². The maximum Gasteiger partial charge on any atom is 0.419 e. The Morgan fingerprint density at radius 2 is 1.97 bits per heavy atom. The summed E-state index contributed by atoms with van der Waals surface area (Å²) < 4.78 is 25.0. The fourth-order valence-electron chi connectivity index (χ4n) is 4.24. The highest BCUT2D eigenvalue weighted by atomic mass is 19.1. The van der Waals surface area contributed by atoms with Crippen molar-refractivity contribution in [2.45, 2.75) is 56.3 Å². The number of rotatable bonds is 2. The minimum atomic E-state index is -1.99. The predicted molar refractivity (Wildman–Crippen MR) is 95.0 cm³/mol. The summed E-state index contributed by atoms with van der Waals surface area (Å²) in [7, 11) is 0. The number of benzene rings is 1. The van der Waals surface area contributed by atoms with Crippen LogP contribution in [0.25, 0.3) is 0 Å². The fourth-order valence-corrected chi connectivity index (χ4v) is 4.24. The standard InChI is InChI=1S/C19H20FN3O6/c20-10-6-7-13-12(8-10)19(9-14(29-13)15(21)24)16(25)22-17(26)23(19)18(27)28-11-4-2-1-3-5-11/h6-8,11,14H,1-5,9H2,(H2,21,24)(H,22,25,26)/t14-,19?/m1/s1. The molecular formula is C19H20FN3O6. The van der Waals surface area contributed by atoms with Gasteiger partial charge in [-0.05, 0) is 43.9 Å². The number of hydrogen-bond acceptors (Lipinski definition) is 6. The second-order valence-corrected chi connectivity index (χ2v) is 7.45. The highest BCUT2D eigenvalue weighted by molar-refractivity contribution is 6.14. The van der Waals surface area contributed by atoms with Crippen molar-refractivity contribution in [2.24, 2.45) is 5.73 Å². The van der Waals surface area contributed by atoms with Crippen molar-refractivity contribution in [1.29, 1.82) is 0 Å². The molecule has 3 N–H and O–H groups in total. The number of urea groups is 1. The number of ether oxygens (including phenoxy) is 2. The Morgan fingerprint density at radius 1 is 1.24 bits per heavy atom. The van der Waals surface area contributed by atoms with Gasteiger partial charge >= 0.3 is 12.1 Å². The molecule has 9 nitrogen and oxygen atoms in total. The Bertz CT molecular complexity index is 900. The molecular weight excluding hydrogens is 385 g/mol. The van der Waals surface area contributed by atoms with Crippen molar-refractivity contribution in [1.82, 2.24) is 10.2 Å². The molecule has 0 radical (unpaired) electrons. The molecule has 1 spiro atoms. The van der Waals surface area contributed by atoms with Gasteiger partial charge in [-0.25, -0.2) is 18.9 Å². The minimum absolute atomic E-state index is 0.0123. The van der Waals surface area contributed by atoms with E-state index >= 15 is 0 Å². The number of primary amides is 1. The summed E-state index contributed by atoms with van der Waals surface area (Å²) in [5, 5.41) is 2.08. The van der Waals surface area contributed by atoms with E-state index in [0.29, 0.717) is 17.7 Å². The Kier molecular flexibility index (Phi) is 4.64. The van der Waals surface area contributed by atoms with Crippen LogP contribution in [0.2, 0.25) is 0 Å². The minimum Gasteiger partial charge on any atom is -0.480 e. The normalized spacial score (nSPS) is 26.7. The summed E-state index contributed by atoms with van der Waals surface area (Å²) in [5.41, 5.74) is 3.34. The van der Waals surface area contributed by atoms with Crippen LogP contribution >= 0.6 is 0 Å². The number of nitrogens with one attached hydrogen (secondary N) is 1. The lowest BCUT2D eigenvalue weighted by Crippen LogP contribution is -2.57. The fraction of sp³-hybridized carbons (Fsp3) is 0.474. The summed E-state index contributed by atoms with van der Waals surface area (Å²) in [6.45, 7) is 0. The Labute approximate surface area is 165 Å². The zero-order valence-corrected chi connectivity index (χ0v) is 15.5. The van der Waals surface area contributed by atoms with Crippen LogP contribution in [-0.2, 0) is 19.9 Å². The SMILES string of the molecule is NC(=O)[C@H]1CC2(C(=O)NC(=O)N2C(=O)OC2CCCCC2)c2cc(F)ccc2O1. The van der Waals surface area contributed by atoms with E-state index in [-0.39, 0.29) is 17.4 Å². The van der Waals surface area contributed by atoms with Crippen LogP contribution in [0.5, 0.6) is 5.75 Å². The maximum absolute atomic E-state index is 14.0. The molecule has 29 heavy (non-hydrogen) atoms. The van der Waals surface area contributed by atoms with Crippen LogP contribution in [0.3, 0.4) is 0 Å². The van der Waals surface area contributed by atoms with Gasteiger partial charge in [0.05, 0.1) is 0 Å². The van der Waals surface area contributed by atoms with Crippen molar-refractivity contribution in [3.8, 4) is 5.75 Å². The van der Waals surface area contributed by atoms with Crippen molar-refractivity contribution >= 4 is 23.9 Å². The van der Waals surface area contributed by atoms with E-state index in [1.54, 1.807) is 0 Å². The number of amides is 5. The molecule has 4 rings (SSSR count). The van der Waals surface area contributed by atoms with Crippen LogP contribution < -0.4 is 15.8 Å². The lowest BCUT2D eigenvalue weighted by molar-refractivity contribution is -0.134. The Hall–Kier alpha value is -3.17. The molecule has 1 aromatic rings. The quantitative estimate of drug-likeness (QED) is 0.721. The van der Waals surface area contributed by atoms with Gasteiger partial charge in [-0.3, -0.25) is 14.9 Å². The van der Waals surface area contributed by atoms with Crippen LogP contribution in [0.15, 0.2) is 18.2 Å². The molecule has 0 aromatic heterocycles. The first kappa shape index (κ1) is 19.2. The molecule has 1 aliphatic carbocycles. The summed E-state index contributed by atoms with van der Waals surface area (Å²) in [4.78, 5) is 50.9. The van der Waals surface area contributed by atoms with Crippen LogP contribution in [0.1, 0.15) is 44.1 Å². The number of hydrogen-bond donors (Lipinski definition) is 2. The predicted octanol–water partition coefficient (Wildman–Crippen LogP) is 1.68. The number of carbonyl (C=O) groups is 4. The van der Waals surface area contributed by atoms with E-state index in [2.05, 4.69) is 5.32 Å². The Morgan fingerprint density at radius 3 is 2.66 bits per heavy atom. The molecule has 2 aliphatic heterocycles. The van der Waals surface area contributed by atoms with Crippen LogP contribution in [0, 0.1) is 5.82 Å². The lowest BCUT2D eigenvalue weighted by Gasteiger charge is -2.40. The number of nitrogens with two attached hydrogens (primary N) is 1. The summed E-state index contributed by atoms with van der Waals surface area (Å²) in [5.74, 6) is -2.46. The monoisotopic (exact) mass is 405 g/mol. The second-order valence-electron chi connectivity index (χ2n) is 7.45. The van der Waals surface area contributed by atoms with E-state index in [0.717, 1.165) is 31.4 Å². The van der Waals surface area contributed by atoms with Gasteiger partial charge in [0.2, 0.25) is 0 Å². The third kappa shape index (κ3) is 3.08. The van der Waals surface area contributed by atoms with E-state index < -0.39 is 47.8 Å². The Balaban J connectivity index is 1.78. The van der Waals surface area contributed by atoms with Crippen molar-refractivity contribution < 1.29 is 33.0 Å². The number of carbonyl (C=O) groups excluding carboxylic acids is 4. The number of halogens is 1. The molecule has 1 saturated heterocycles. The van der Waals surface area contributed by atoms with Crippen molar-refractivity contribution in [3.63, 3.8) is 0 Å². The van der Waals surface area contributed by atoms with Crippen LogP contribution in [-0.4, -0.2) is 41.0 Å². The molecule has 154 valence electrons. The first-order chi connectivity index (χ1) is 13.8. The smallest absolute Gasteiger partial charge is 0.419 e. The molecule has 0 bridgehead atoms. The van der Waals surface area contributed by atoms with Crippen molar-refractivity contribution in [2.75, 3.05) is 0 Å². The van der Waals surface area contributed by atoms with Crippen molar-refractivity contribution in [3.05, 3.63) is 29.6 Å². The zero-order valence-electron chi connectivity index (χ0n) is 15.5. The number of fused-ring (bicyclic) bond motifs is 2. The summed E-state index contributed by atoms with van der Waals surface area (Å²) >= 11 is 0. The molecule has 10 heteroatoms. The van der Waals surface area contributed by atoms with Gasteiger partial charge in [0.1, 0.15) is 17.7 Å². The molecule has 1 aromatic carbocycles. The highest BCUT2D eigenvalue weighted by Gasteiger charge is 2.62. The lowest BCUT2D eigenvalue weighted by atomic mass is 9.80. The van der Waals surface area contributed by atoms with Crippen LogP contribution in [0.4, 0.5) is 14.0 Å². The zero-order chi connectivity index (χ0) is 20.8. The average Bonchev–Trinajstić information content (AvgIpc) is 2.93. The molecule has 2 atom stereocenters. The highest BCUT2D eigenvalue weighted by Crippen LogP contribution is 2.47. The first-order valence-electron chi connectivity index (χ1n) is 9.45. The first-order valence-corrected chi connectivity index (χ1v) is 9.45. The topological polar surface area (TPSA) is 128 Å². The third-order valence-electron chi connectivity index (χ3n) is 5.64. The number of nitrogens with zero attached hydrogens (tertiary/aromatic N) is 1. The van der Waals surface area contributed by atoms with E-state index in [1.165, 1.54) is 6.07 Å². The van der Waals surface area contributed by atoms with E-state index in [1.807, 2.05) is 0 Å². The van der Waals surface area contributed by atoms with Gasteiger partial charge in [-0.15, -0.1) is 0 Å². The second kappa shape index (κ2) is 7.02. The molecule has 1 unspecified atom stereocenters. The third-order valence-corrected chi connectivity index (χ3v) is 5.64. The molecule has 2 heterocycles. The molecule has 1 saturated carbocycles. The average molecular weight is 405 g/mol.